The lowest BCUT2D eigenvalue weighted by atomic mass is 10.1. The smallest absolute Gasteiger partial charge is 0.240 e. The van der Waals surface area contributed by atoms with E-state index in [4.69, 9.17) is 4.52 Å². The second kappa shape index (κ2) is 5.76. The highest BCUT2D eigenvalue weighted by Gasteiger charge is 2.14. The largest absolute Gasteiger partial charge is 0.361 e. The van der Waals surface area contributed by atoms with Gasteiger partial charge >= 0.3 is 0 Å². The summed E-state index contributed by atoms with van der Waals surface area (Å²) in [6, 6.07) is 6.77. The molecule has 20 heavy (non-hydrogen) atoms. The molecule has 0 spiro atoms. The summed E-state index contributed by atoms with van der Waals surface area (Å²) in [7, 11) is -3.46. The zero-order valence-electron chi connectivity index (χ0n) is 11.8. The Labute approximate surface area is 119 Å². The molecule has 0 aliphatic rings. The van der Waals surface area contributed by atoms with Gasteiger partial charge in [0, 0.05) is 12.1 Å². The molecule has 0 saturated carbocycles. The van der Waals surface area contributed by atoms with Gasteiger partial charge in [-0.2, -0.15) is 0 Å². The predicted octanol–water partition coefficient (Wildman–Crippen LogP) is 2.12. The molecule has 0 unspecified atom stereocenters. The first-order valence-corrected chi connectivity index (χ1v) is 7.86. The van der Waals surface area contributed by atoms with Crippen molar-refractivity contribution in [3.8, 4) is 0 Å². The summed E-state index contributed by atoms with van der Waals surface area (Å²) in [5.41, 5.74) is 2.79. The highest BCUT2D eigenvalue weighted by molar-refractivity contribution is 7.89. The molecule has 0 atom stereocenters. The van der Waals surface area contributed by atoms with Gasteiger partial charge in [-0.1, -0.05) is 22.9 Å². The Morgan fingerprint density at radius 1 is 1.15 bits per heavy atom. The first kappa shape index (κ1) is 14.7. The van der Waals surface area contributed by atoms with Gasteiger partial charge in [0.25, 0.3) is 0 Å². The first-order valence-electron chi connectivity index (χ1n) is 6.38. The number of aryl methyl sites for hydroxylation is 3. The lowest BCUT2D eigenvalue weighted by molar-refractivity contribution is 0.392. The monoisotopic (exact) mass is 294 g/mol. The summed E-state index contributed by atoms with van der Waals surface area (Å²) in [5, 5.41) is 3.85. The van der Waals surface area contributed by atoms with Crippen LogP contribution >= 0.6 is 0 Å². The van der Waals surface area contributed by atoms with E-state index >= 15 is 0 Å². The highest BCUT2D eigenvalue weighted by Crippen LogP contribution is 2.13. The van der Waals surface area contributed by atoms with Crippen molar-refractivity contribution in [2.24, 2.45) is 0 Å². The minimum absolute atomic E-state index is 0.280. The third kappa shape index (κ3) is 3.26. The molecule has 0 aliphatic heterocycles. The lowest BCUT2D eigenvalue weighted by Gasteiger charge is -2.07. The van der Waals surface area contributed by atoms with Crippen molar-refractivity contribution in [2.45, 2.75) is 32.1 Å². The third-order valence-corrected chi connectivity index (χ3v) is 4.66. The second-order valence-electron chi connectivity index (χ2n) is 4.76. The van der Waals surface area contributed by atoms with Crippen molar-refractivity contribution >= 4 is 10.0 Å². The molecule has 2 rings (SSSR count). The van der Waals surface area contributed by atoms with Crippen molar-refractivity contribution in [1.29, 1.82) is 0 Å². The Morgan fingerprint density at radius 3 is 2.35 bits per heavy atom. The topological polar surface area (TPSA) is 72.2 Å². The molecule has 0 radical (unpaired) electrons. The van der Waals surface area contributed by atoms with Crippen LogP contribution in [0.4, 0.5) is 0 Å². The molecule has 6 heteroatoms. The van der Waals surface area contributed by atoms with E-state index in [2.05, 4.69) is 9.88 Å². The maximum atomic E-state index is 12.1. The fraction of sp³-hybridized carbons (Fsp3) is 0.357. The second-order valence-corrected chi connectivity index (χ2v) is 6.53. The molecular weight excluding hydrogens is 276 g/mol. The predicted molar refractivity (Wildman–Crippen MR) is 76.0 cm³/mol. The van der Waals surface area contributed by atoms with Crippen LogP contribution in [-0.2, 0) is 16.4 Å². The zero-order valence-corrected chi connectivity index (χ0v) is 12.6. The minimum Gasteiger partial charge on any atom is -0.361 e. The van der Waals surface area contributed by atoms with Crippen LogP contribution in [-0.4, -0.2) is 20.1 Å². The molecule has 1 aromatic carbocycles. The van der Waals surface area contributed by atoms with Gasteiger partial charge in [0.1, 0.15) is 5.76 Å². The van der Waals surface area contributed by atoms with E-state index < -0.39 is 10.0 Å². The van der Waals surface area contributed by atoms with Crippen LogP contribution in [0.15, 0.2) is 33.7 Å². The number of hydrogen-bond donors (Lipinski definition) is 1. The van der Waals surface area contributed by atoms with Crippen LogP contribution in [0, 0.1) is 20.8 Å². The Kier molecular flexibility index (Phi) is 4.25. The quantitative estimate of drug-likeness (QED) is 0.917. The summed E-state index contributed by atoms with van der Waals surface area (Å²) in [6.45, 7) is 5.91. The number of sulfonamides is 1. The molecule has 1 aromatic heterocycles. The maximum Gasteiger partial charge on any atom is 0.240 e. The molecule has 0 bridgehead atoms. The van der Waals surface area contributed by atoms with E-state index in [1.807, 2.05) is 20.8 Å². The summed E-state index contributed by atoms with van der Waals surface area (Å²) in [5.74, 6) is 0.733. The molecule has 0 aliphatic carbocycles. The van der Waals surface area contributed by atoms with Gasteiger partial charge in [-0.3, -0.25) is 0 Å². The van der Waals surface area contributed by atoms with E-state index in [1.54, 1.807) is 24.3 Å². The van der Waals surface area contributed by atoms with Crippen molar-refractivity contribution < 1.29 is 12.9 Å². The van der Waals surface area contributed by atoms with Gasteiger partial charge in [0.05, 0.1) is 10.6 Å². The Bertz CT molecular complexity index is 668. The molecule has 0 saturated heterocycles. The van der Waals surface area contributed by atoms with Crippen molar-refractivity contribution in [2.75, 3.05) is 6.54 Å². The number of nitrogens with one attached hydrogen (secondary N) is 1. The molecule has 1 heterocycles. The number of rotatable bonds is 5. The van der Waals surface area contributed by atoms with Crippen LogP contribution in [0.25, 0.3) is 0 Å². The summed E-state index contributed by atoms with van der Waals surface area (Å²) >= 11 is 0. The summed E-state index contributed by atoms with van der Waals surface area (Å²) < 4.78 is 31.8. The van der Waals surface area contributed by atoms with Crippen LogP contribution < -0.4 is 4.72 Å². The van der Waals surface area contributed by atoms with Gasteiger partial charge < -0.3 is 4.52 Å². The lowest BCUT2D eigenvalue weighted by Crippen LogP contribution is -2.26. The van der Waals surface area contributed by atoms with Gasteiger partial charge in [0.2, 0.25) is 10.0 Å². The van der Waals surface area contributed by atoms with Gasteiger partial charge in [-0.15, -0.1) is 0 Å². The summed E-state index contributed by atoms with van der Waals surface area (Å²) in [4.78, 5) is 0.280. The highest BCUT2D eigenvalue weighted by atomic mass is 32.2. The average Bonchev–Trinajstić information content (AvgIpc) is 2.71. The fourth-order valence-corrected chi connectivity index (χ4v) is 3.00. The summed E-state index contributed by atoms with van der Waals surface area (Å²) in [6.07, 6.45) is 0.562. The van der Waals surface area contributed by atoms with Crippen molar-refractivity contribution in [1.82, 2.24) is 9.88 Å². The van der Waals surface area contributed by atoms with Crippen molar-refractivity contribution in [3.63, 3.8) is 0 Å². The molecule has 1 N–H and O–H groups in total. The van der Waals surface area contributed by atoms with Crippen LogP contribution in [0.2, 0.25) is 0 Å². The Morgan fingerprint density at radius 2 is 1.80 bits per heavy atom. The van der Waals surface area contributed by atoms with Crippen LogP contribution in [0.3, 0.4) is 0 Å². The molecular formula is C14H18N2O3S. The molecule has 5 nitrogen and oxygen atoms in total. The fourth-order valence-electron chi connectivity index (χ4n) is 1.97. The first-order chi connectivity index (χ1) is 9.40. The molecule has 108 valence electrons. The molecule has 2 aromatic rings. The van der Waals surface area contributed by atoms with E-state index in [1.165, 1.54) is 0 Å². The SMILES string of the molecule is Cc1ccc(S(=O)(=O)NCCc2c(C)noc2C)cc1. The number of benzene rings is 1. The Hall–Kier alpha value is -1.66. The maximum absolute atomic E-state index is 12.1. The number of nitrogens with zero attached hydrogens (tertiary/aromatic N) is 1. The van der Waals surface area contributed by atoms with Crippen LogP contribution in [0.1, 0.15) is 22.6 Å². The van der Waals surface area contributed by atoms with Crippen LogP contribution in [0.5, 0.6) is 0 Å². The van der Waals surface area contributed by atoms with Crippen molar-refractivity contribution in [3.05, 3.63) is 46.8 Å². The number of aromatic nitrogens is 1. The number of hydrogen-bond acceptors (Lipinski definition) is 4. The minimum atomic E-state index is -3.46. The van der Waals surface area contributed by atoms with E-state index in [-0.39, 0.29) is 4.90 Å². The molecule has 0 fully saturated rings. The normalized spacial score (nSPS) is 11.8. The molecule has 0 amide bonds. The van der Waals surface area contributed by atoms with E-state index in [0.29, 0.717) is 13.0 Å². The van der Waals surface area contributed by atoms with Gasteiger partial charge in [-0.25, -0.2) is 13.1 Å². The van der Waals surface area contributed by atoms with Gasteiger partial charge in [-0.05, 0) is 39.3 Å². The van der Waals surface area contributed by atoms with E-state index in [9.17, 15) is 8.42 Å². The van der Waals surface area contributed by atoms with Gasteiger partial charge in [0.15, 0.2) is 0 Å². The standard InChI is InChI=1S/C14H18N2O3S/c1-10-4-6-13(7-5-10)20(17,18)15-9-8-14-11(2)16-19-12(14)3/h4-7,15H,8-9H2,1-3H3. The Balaban J connectivity index is 2.01. The van der Waals surface area contributed by atoms with E-state index in [0.717, 1.165) is 22.6 Å². The average molecular weight is 294 g/mol. The zero-order chi connectivity index (χ0) is 14.8. The third-order valence-electron chi connectivity index (χ3n) is 3.18.